The standard InChI is InChI=1S/C19H32N4OS.HI/c1-4-20-18(22-14-19(2,3)16-11-8-12-25-16)21-13-17(24)23-15-9-6-5-7-10-15;/h8,11-12,15H,4-7,9-10,13-14H2,1-3H3,(H,23,24)(H2,20,21,22);1H. The number of amides is 1. The average Bonchev–Trinajstić information content (AvgIpc) is 3.14. The molecule has 7 heteroatoms. The fourth-order valence-electron chi connectivity index (χ4n) is 3.07. The molecule has 1 aliphatic carbocycles. The van der Waals surface area contributed by atoms with E-state index in [1.54, 1.807) is 11.3 Å². The Bertz CT molecular complexity index is 554. The monoisotopic (exact) mass is 492 g/mol. The zero-order valence-corrected chi connectivity index (χ0v) is 19.3. The molecule has 0 spiro atoms. The van der Waals surface area contributed by atoms with Crippen LogP contribution >= 0.6 is 35.3 Å². The van der Waals surface area contributed by atoms with Gasteiger partial charge in [0.25, 0.3) is 0 Å². The number of carbonyl (C=O) groups is 1. The van der Waals surface area contributed by atoms with E-state index in [2.05, 4.69) is 52.3 Å². The van der Waals surface area contributed by atoms with Gasteiger partial charge < -0.3 is 16.0 Å². The summed E-state index contributed by atoms with van der Waals surface area (Å²) < 4.78 is 0. The van der Waals surface area contributed by atoms with E-state index in [1.165, 1.54) is 24.1 Å². The molecule has 0 aliphatic heterocycles. The van der Waals surface area contributed by atoms with Gasteiger partial charge in [-0.3, -0.25) is 4.79 Å². The number of thiophene rings is 1. The van der Waals surface area contributed by atoms with Gasteiger partial charge in [-0.1, -0.05) is 39.2 Å². The Morgan fingerprint density at radius 1 is 1.27 bits per heavy atom. The Labute approximate surface area is 178 Å². The lowest BCUT2D eigenvalue weighted by Crippen LogP contribution is -2.44. The van der Waals surface area contributed by atoms with Crippen LogP contribution < -0.4 is 16.0 Å². The summed E-state index contributed by atoms with van der Waals surface area (Å²) in [4.78, 5) is 17.9. The normalized spacial score (nSPS) is 15.9. The number of hydrogen-bond acceptors (Lipinski definition) is 3. The van der Waals surface area contributed by atoms with Gasteiger partial charge in [0.2, 0.25) is 5.91 Å². The number of hydrogen-bond donors (Lipinski definition) is 3. The number of halogens is 1. The molecule has 26 heavy (non-hydrogen) atoms. The molecule has 2 rings (SSSR count). The maximum absolute atomic E-state index is 12.1. The third kappa shape index (κ3) is 7.82. The van der Waals surface area contributed by atoms with Crippen LogP contribution in [0.3, 0.4) is 0 Å². The van der Waals surface area contributed by atoms with Gasteiger partial charge in [0, 0.05) is 29.4 Å². The van der Waals surface area contributed by atoms with Crippen molar-refractivity contribution in [1.82, 2.24) is 16.0 Å². The molecule has 1 saturated carbocycles. The summed E-state index contributed by atoms with van der Waals surface area (Å²) in [6, 6.07) is 4.58. The summed E-state index contributed by atoms with van der Waals surface area (Å²) >= 11 is 1.77. The lowest BCUT2D eigenvalue weighted by molar-refractivity contribution is -0.120. The second kappa shape index (κ2) is 11.8. The molecule has 1 aromatic rings. The Balaban J connectivity index is 0.00000338. The predicted octanol–water partition coefficient (Wildman–Crippen LogP) is 3.65. The average molecular weight is 492 g/mol. The third-order valence-electron chi connectivity index (χ3n) is 4.58. The Morgan fingerprint density at radius 3 is 2.62 bits per heavy atom. The van der Waals surface area contributed by atoms with Crippen molar-refractivity contribution in [3.8, 4) is 0 Å². The van der Waals surface area contributed by atoms with E-state index in [-0.39, 0.29) is 41.8 Å². The number of guanidine groups is 1. The first kappa shape index (κ1) is 23.2. The van der Waals surface area contributed by atoms with Gasteiger partial charge in [0.15, 0.2) is 5.96 Å². The Hall–Kier alpha value is -0.830. The van der Waals surface area contributed by atoms with Gasteiger partial charge in [-0.2, -0.15) is 0 Å². The first-order valence-corrected chi connectivity index (χ1v) is 10.2. The van der Waals surface area contributed by atoms with Gasteiger partial charge >= 0.3 is 0 Å². The molecule has 1 heterocycles. The lowest BCUT2D eigenvalue weighted by atomic mass is 9.91. The van der Waals surface area contributed by atoms with E-state index >= 15 is 0 Å². The summed E-state index contributed by atoms with van der Waals surface area (Å²) in [6.07, 6.45) is 5.93. The first-order valence-electron chi connectivity index (χ1n) is 9.37. The molecule has 0 radical (unpaired) electrons. The third-order valence-corrected chi connectivity index (χ3v) is 5.82. The van der Waals surface area contributed by atoms with Crippen LogP contribution in [0.4, 0.5) is 0 Å². The highest BCUT2D eigenvalue weighted by Gasteiger charge is 2.22. The molecule has 148 valence electrons. The Kier molecular flexibility index (Phi) is 10.5. The highest BCUT2D eigenvalue weighted by atomic mass is 127. The fourth-order valence-corrected chi connectivity index (χ4v) is 3.92. The molecular weight excluding hydrogens is 459 g/mol. The molecular formula is C19H33IN4OS. The number of aliphatic imine (C=N–C) groups is 1. The molecule has 0 aromatic carbocycles. The maximum atomic E-state index is 12.1. The van der Waals surface area contributed by atoms with Gasteiger partial charge in [-0.05, 0) is 31.2 Å². The highest BCUT2D eigenvalue weighted by Crippen LogP contribution is 2.26. The summed E-state index contributed by atoms with van der Waals surface area (Å²) in [6.45, 7) is 8.17. The smallest absolute Gasteiger partial charge is 0.242 e. The molecule has 0 bridgehead atoms. The minimum Gasteiger partial charge on any atom is -0.357 e. The first-order chi connectivity index (χ1) is 12.0. The SMILES string of the molecule is CCNC(=NCC(=O)NC1CCCCC1)NCC(C)(C)c1cccs1.I. The van der Waals surface area contributed by atoms with Crippen molar-refractivity contribution < 1.29 is 4.79 Å². The lowest BCUT2D eigenvalue weighted by Gasteiger charge is -2.25. The van der Waals surface area contributed by atoms with Crippen molar-refractivity contribution in [2.75, 3.05) is 19.6 Å². The zero-order valence-electron chi connectivity index (χ0n) is 16.1. The van der Waals surface area contributed by atoms with Crippen molar-refractivity contribution in [3.05, 3.63) is 22.4 Å². The van der Waals surface area contributed by atoms with Crippen LogP contribution in [-0.4, -0.2) is 37.5 Å². The van der Waals surface area contributed by atoms with Crippen molar-refractivity contribution in [3.63, 3.8) is 0 Å². The number of nitrogens with one attached hydrogen (secondary N) is 3. The van der Waals surface area contributed by atoms with E-state index < -0.39 is 0 Å². The second-order valence-corrected chi connectivity index (χ2v) is 8.26. The number of rotatable bonds is 7. The largest absolute Gasteiger partial charge is 0.357 e. The molecule has 1 amide bonds. The van der Waals surface area contributed by atoms with Crippen molar-refractivity contribution >= 4 is 47.2 Å². The van der Waals surface area contributed by atoms with Crippen LogP contribution in [0.15, 0.2) is 22.5 Å². The second-order valence-electron chi connectivity index (χ2n) is 7.31. The van der Waals surface area contributed by atoms with Gasteiger partial charge in [0.1, 0.15) is 6.54 Å². The summed E-state index contributed by atoms with van der Waals surface area (Å²) in [5.74, 6) is 0.715. The van der Waals surface area contributed by atoms with E-state index in [4.69, 9.17) is 0 Å². The molecule has 3 N–H and O–H groups in total. The van der Waals surface area contributed by atoms with Crippen LogP contribution in [-0.2, 0) is 10.2 Å². The van der Waals surface area contributed by atoms with Crippen LogP contribution in [0, 0.1) is 0 Å². The molecule has 0 saturated heterocycles. The fraction of sp³-hybridized carbons (Fsp3) is 0.684. The quantitative estimate of drug-likeness (QED) is 0.309. The van der Waals surface area contributed by atoms with Crippen molar-refractivity contribution in [2.45, 2.75) is 64.3 Å². The minimum atomic E-state index is 0. The van der Waals surface area contributed by atoms with E-state index in [1.807, 2.05) is 6.92 Å². The van der Waals surface area contributed by atoms with E-state index in [0.717, 1.165) is 25.9 Å². The van der Waals surface area contributed by atoms with E-state index in [0.29, 0.717) is 12.0 Å². The van der Waals surface area contributed by atoms with Crippen LogP contribution in [0.2, 0.25) is 0 Å². The highest BCUT2D eigenvalue weighted by molar-refractivity contribution is 14.0. The van der Waals surface area contributed by atoms with Crippen LogP contribution in [0.1, 0.15) is 57.8 Å². The minimum absolute atomic E-state index is 0. The summed E-state index contributed by atoms with van der Waals surface area (Å²) in [5, 5.41) is 11.8. The van der Waals surface area contributed by atoms with Gasteiger partial charge in [-0.25, -0.2) is 4.99 Å². The molecule has 1 aromatic heterocycles. The molecule has 0 unspecified atom stereocenters. The topological polar surface area (TPSA) is 65.5 Å². The van der Waals surface area contributed by atoms with Crippen molar-refractivity contribution in [2.24, 2.45) is 4.99 Å². The molecule has 5 nitrogen and oxygen atoms in total. The number of carbonyl (C=O) groups excluding carboxylic acids is 1. The Morgan fingerprint density at radius 2 is 2.00 bits per heavy atom. The molecule has 1 fully saturated rings. The summed E-state index contributed by atoms with van der Waals surface area (Å²) in [5.41, 5.74) is 0.0225. The number of nitrogens with zero attached hydrogens (tertiary/aromatic N) is 1. The van der Waals surface area contributed by atoms with Crippen molar-refractivity contribution in [1.29, 1.82) is 0 Å². The predicted molar refractivity (Wildman–Crippen MR) is 122 cm³/mol. The summed E-state index contributed by atoms with van der Waals surface area (Å²) in [7, 11) is 0. The van der Waals surface area contributed by atoms with Crippen LogP contribution in [0.5, 0.6) is 0 Å². The maximum Gasteiger partial charge on any atom is 0.242 e. The van der Waals surface area contributed by atoms with Crippen LogP contribution in [0.25, 0.3) is 0 Å². The van der Waals surface area contributed by atoms with Gasteiger partial charge in [0.05, 0.1) is 0 Å². The molecule has 1 aliphatic rings. The van der Waals surface area contributed by atoms with Gasteiger partial charge in [-0.15, -0.1) is 35.3 Å². The van der Waals surface area contributed by atoms with E-state index in [9.17, 15) is 4.79 Å². The zero-order chi connectivity index (χ0) is 18.1. The molecule has 0 atom stereocenters.